The van der Waals surface area contributed by atoms with Gasteiger partial charge in [-0.15, -0.1) is 0 Å². The number of hydrogen-bond donors (Lipinski definition) is 2. The molecule has 0 saturated carbocycles. The Morgan fingerprint density at radius 3 is 1.47 bits per heavy atom. The zero-order valence-electron chi connectivity index (χ0n) is 56.1. The van der Waals surface area contributed by atoms with Crippen molar-refractivity contribution in [2.24, 2.45) is 65.1 Å². The highest BCUT2D eigenvalue weighted by Crippen LogP contribution is 2.31. The lowest BCUT2D eigenvalue weighted by molar-refractivity contribution is -0.158. The second-order valence-corrected chi connectivity index (χ2v) is 26.9. The minimum absolute atomic E-state index is 0.0614. The number of rotatable bonds is 16. The second kappa shape index (κ2) is 36.5. The highest BCUT2D eigenvalue weighted by molar-refractivity contribution is 5.99. The zero-order chi connectivity index (χ0) is 65.7. The molecule has 19 nitrogen and oxygen atoms in total. The maximum atomic E-state index is 15.0. The van der Waals surface area contributed by atoms with Crippen LogP contribution in [0.4, 0.5) is 0 Å². The minimum Gasteiger partial charge on any atom is -0.461 e. The average molecular weight is 1200 g/mol. The number of likely N-dealkylation sites (N-methyl/N-ethyl adjacent to an activating group) is 4. The van der Waals surface area contributed by atoms with Gasteiger partial charge in [-0.1, -0.05) is 116 Å². The number of ether oxygens (including phenoxy) is 1. The number of esters is 1. The van der Waals surface area contributed by atoms with E-state index in [0.29, 0.717) is 6.42 Å². The van der Waals surface area contributed by atoms with E-state index in [1.165, 1.54) is 61.6 Å². The van der Waals surface area contributed by atoms with Crippen molar-refractivity contribution in [1.82, 2.24) is 30.2 Å². The highest BCUT2D eigenvalue weighted by Gasteiger charge is 2.44. The van der Waals surface area contributed by atoms with Gasteiger partial charge in [0.2, 0.25) is 35.4 Å². The van der Waals surface area contributed by atoms with Gasteiger partial charge in [-0.2, -0.15) is 0 Å². The molecule has 1 saturated heterocycles. The molecule has 1 aliphatic rings. The summed E-state index contributed by atoms with van der Waals surface area (Å²) in [6.07, 6.45) is 1.94. The number of nitrogens with zero attached hydrogens (tertiary/aromatic N) is 4. The molecule has 19 heteroatoms. The molecular formula is C66H112N6O13. The van der Waals surface area contributed by atoms with Crippen LogP contribution >= 0.6 is 0 Å². The van der Waals surface area contributed by atoms with Crippen molar-refractivity contribution in [2.75, 3.05) is 28.2 Å². The first-order chi connectivity index (χ1) is 39.3. The van der Waals surface area contributed by atoms with Crippen LogP contribution in [0.3, 0.4) is 0 Å². The lowest BCUT2D eigenvalue weighted by Gasteiger charge is -2.36. The molecule has 0 aromatic rings. The molecule has 0 aromatic heterocycles. The first kappa shape index (κ1) is 77.4. The van der Waals surface area contributed by atoms with Crippen molar-refractivity contribution < 1.29 is 62.3 Å². The Labute approximate surface area is 510 Å². The standard InChI is InChI=1S/C66H112N6O13/c1-23-25-26-43(15)61(85-46(18)73)49-36-58(78)60(42(13)14)72(22)65(83)47(29-37(3)4)34-56(76)53(32-40(9)10)70(20)64(82)45(17)67-62(80)44(16)33-55(75)52(31-39(7)8)71(21)66(84)48(41(11)12)35-57(77)51(30-38(5)6)69(19)59(79)28-27-54(74)50(24-2)68-63(49)81/h23,25,37-45,47-53,60-61H,24,26-36H2,1-22H3,(H,67,80)(H,68,81)/b25-23+/t43-,44-,45-,47-,48+,49+,50+,51+,52+,53+,60+,61-/m1/s1. The van der Waals surface area contributed by atoms with Crippen LogP contribution < -0.4 is 10.6 Å². The van der Waals surface area contributed by atoms with Crippen LogP contribution in [-0.4, -0.2) is 160 Å². The van der Waals surface area contributed by atoms with E-state index in [9.17, 15) is 52.7 Å². The van der Waals surface area contributed by atoms with Gasteiger partial charge in [-0.25, -0.2) is 0 Å². The first-order valence-electron chi connectivity index (χ1n) is 31.4. The summed E-state index contributed by atoms with van der Waals surface area (Å²) in [5, 5.41) is 5.57. The highest BCUT2D eigenvalue weighted by atomic mass is 16.5. The fourth-order valence-corrected chi connectivity index (χ4v) is 11.7. The molecule has 0 bridgehead atoms. The predicted octanol–water partition coefficient (Wildman–Crippen LogP) is 8.41. The van der Waals surface area contributed by atoms with E-state index in [0.717, 1.165) is 0 Å². The molecule has 1 aliphatic heterocycles. The normalized spacial score (nSPS) is 26.9. The van der Waals surface area contributed by atoms with Crippen LogP contribution in [0.15, 0.2) is 12.2 Å². The van der Waals surface area contributed by atoms with Crippen molar-refractivity contribution in [2.45, 2.75) is 244 Å². The number of carbonyl (C=O) groups excluding carboxylic acids is 12. The van der Waals surface area contributed by atoms with Gasteiger partial charge in [0.25, 0.3) is 0 Å². The van der Waals surface area contributed by atoms with Gasteiger partial charge in [-0.05, 0) is 93.8 Å². The van der Waals surface area contributed by atoms with Crippen molar-refractivity contribution >= 4 is 70.3 Å². The van der Waals surface area contributed by atoms with Crippen LogP contribution in [-0.2, 0) is 62.3 Å². The van der Waals surface area contributed by atoms with Gasteiger partial charge in [0, 0.05) is 91.4 Å². The lowest BCUT2D eigenvalue weighted by atomic mass is 9.82. The van der Waals surface area contributed by atoms with Crippen LogP contribution in [0.2, 0.25) is 0 Å². The molecule has 0 radical (unpaired) electrons. The smallest absolute Gasteiger partial charge is 0.302 e. The second-order valence-electron chi connectivity index (χ2n) is 26.9. The fourth-order valence-electron chi connectivity index (χ4n) is 11.7. The quantitative estimate of drug-likeness (QED) is 0.109. The molecule has 0 spiro atoms. The number of carbonyl (C=O) groups is 12. The molecule has 1 rings (SSSR count). The van der Waals surface area contributed by atoms with E-state index < -0.39 is 143 Å². The van der Waals surface area contributed by atoms with E-state index >= 15 is 4.79 Å². The number of nitrogens with one attached hydrogen (secondary N) is 2. The number of allylic oxidation sites excluding steroid dienone is 2. The summed E-state index contributed by atoms with van der Waals surface area (Å²) in [7, 11) is 5.97. The lowest BCUT2D eigenvalue weighted by Crippen LogP contribution is -2.53. The third-order valence-electron chi connectivity index (χ3n) is 16.7. The summed E-state index contributed by atoms with van der Waals surface area (Å²) in [6.45, 7) is 31.9. The van der Waals surface area contributed by atoms with E-state index in [1.54, 1.807) is 54.5 Å². The third-order valence-corrected chi connectivity index (χ3v) is 16.7. The number of ketones is 5. The monoisotopic (exact) mass is 1200 g/mol. The van der Waals surface area contributed by atoms with Gasteiger partial charge in [0.05, 0.1) is 36.1 Å². The topological polar surface area (TPSA) is 251 Å². The zero-order valence-corrected chi connectivity index (χ0v) is 56.1. The van der Waals surface area contributed by atoms with Crippen molar-refractivity contribution in [3.05, 3.63) is 12.2 Å². The Bertz CT molecular complexity index is 2330. The Balaban J connectivity index is 4.27. The number of hydrogen-bond acceptors (Lipinski definition) is 13. The van der Waals surface area contributed by atoms with E-state index in [2.05, 4.69) is 10.6 Å². The molecule has 484 valence electrons. The largest absolute Gasteiger partial charge is 0.461 e. The molecule has 1 fully saturated rings. The molecular weight excluding hydrogens is 1080 g/mol. The first-order valence-corrected chi connectivity index (χ1v) is 31.4. The van der Waals surface area contributed by atoms with Crippen LogP contribution in [0.1, 0.15) is 202 Å². The molecule has 0 aliphatic carbocycles. The van der Waals surface area contributed by atoms with Gasteiger partial charge in [-0.3, -0.25) is 57.5 Å². The minimum atomic E-state index is -1.35. The summed E-state index contributed by atoms with van der Waals surface area (Å²) < 4.78 is 5.89. The Hall–Kier alpha value is -5.62. The van der Waals surface area contributed by atoms with Crippen LogP contribution in [0.5, 0.6) is 0 Å². The maximum Gasteiger partial charge on any atom is 0.302 e. The molecule has 12 atom stereocenters. The third kappa shape index (κ3) is 24.2. The maximum absolute atomic E-state index is 15.0. The molecule has 2 N–H and O–H groups in total. The van der Waals surface area contributed by atoms with Crippen molar-refractivity contribution in [3.63, 3.8) is 0 Å². The molecule has 0 aromatic carbocycles. The Kier molecular flexibility index (Phi) is 33.2. The van der Waals surface area contributed by atoms with Crippen molar-refractivity contribution in [3.8, 4) is 0 Å². The van der Waals surface area contributed by atoms with Crippen LogP contribution in [0.25, 0.3) is 0 Å². The molecule has 1 heterocycles. The van der Waals surface area contributed by atoms with Gasteiger partial charge in [0.15, 0.2) is 28.9 Å². The van der Waals surface area contributed by atoms with Gasteiger partial charge in [0.1, 0.15) is 12.1 Å². The summed E-state index contributed by atoms with van der Waals surface area (Å²) in [5.41, 5.74) is 0. The van der Waals surface area contributed by atoms with E-state index in [-0.39, 0.29) is 105 Å². The Morgan fingerprint density at radius 2 is 1.01 bits per heavy atom. The summed E-state index contributed by atoms with van der Waals surface area (Å²) in [6, 6.07) is -6.38. The van der Waals surface area contributed by atoms with E-state index in [4.69, 9.17) is 4.74 Å². The van der Waals surface area contributed by atoms with Crippen LogP contribution in [0, 0.1) is 65.1 Å². The molecule has 6 amide bonds. The summed E-state index contributed by atoms with van der Waals surface area (Å²) in [4.78, 5) is 178. The van der Waals surface area contributed by atoms with Gasteiger partial charge >= 0.3 is 5.97 Å². The van der Waals surface area contributed by atoms with E-state index in [1.807, 2.05) is 68.4 Å². The fraction of sp³-hybridized carbons (Fsp3) is 0.788. The summed E-state index contributed by atoms with van der Waals surface area (Å²) in [5.74, 6) is -12.1. The molecule has 0 unspecified atom stereocenters. The summed E-state index contributed by atoms with van der Waals surface area (Å²) >= 11 is 0. The predicted molar refractivity (Wildman–Crippen MR) is 330 cm³/mol. The SMILES string of the molecule is C/C=C/C[C@@H](C)[C@@H](OC(C)=O)[C@@H]1CC(=O)[C@H](C(C)C)N(C)C(=O)[C@H](CC(C)C)CC(=O)[C@H](CC(C)C)N(C)C(=O)[C@@H](C)NC(=O)[C@H](C)CC(=O)[C@H](CC(C)C)N(C)C(=O)[C@H](C(C)C)CC(=O)[C@H](CC(C)C)N(C)C(=O)CCC(=O)[C@H](CC)NC1=O. The number of Topliss-reactive ketones (excluding diaryl/α,β-unsaturated/α-hetero) is 5. The van der Waals surface area contributed by atoms with Crippen molar-refractivity contribution in [1.29, 1.82) is 0 Å². The molecule has 85 heavy (non-hydrogen) atoms. The average Bonchev–Trinajstić information content (AvgIpc) is 3.48. The number of amides is 6. The van der Waals surface area contributed by atoms with Gasteiger partial charge < -0.3 is 35.0 Å². The Morgan fingerprint density at radius 1 is 0.541 bits per heavy atom.